The summed E-state index contributed by atoms with van der Waals surface area (Å²) in [5, 5.41) is 9.25. The van der Waals surface area contributed by atoms with Gasteiger partial charge in [0.05, 0.1) is 10.5 Å². The van der Waals surface area contributed by atoms with Crippen LogP contribution in [0.3, 0.4) is 0 Å². The fourth-order valence-corrected chi connectivity index (χ4v) is 3.42. The summed E-state index contributed by atoms with van der Waals surface area (Å²) in [7, 11) is 1.57. The van der Waals surface area contributed by atoms with Crippen molar-refractivity contribution in [2.24, 2.45) is 0 Å². The third-order valence-corrected chi connectivity index (χ3v) is 5.25. The van der Waals surface area contributed by atoms with Gasteiger partial charge in [-0.1, -0.05) is 11.6 Å². The Morgan fingerprint density at radius 1 is 1.09 bits per heavy atom. The summed E-state index contributed by atoms with van der Waals surface area (Å²) in [4.78, 5) is 35.5. The van der Waals surface area contributed by atoms with Crippen LogP contribution in [-0.4, -0.2) is 52.9 Å². The standard InChI is InChI=1S/C22H24ClFN6O2/c1-4-30(5-2)22(32)19(25-3)21(31)29-13-7-9-18-15(10-13)20(27-12-26-18)28-14-6-8-17(24)16(23)11-14/h6-12,19,25H,4-5H2,1-3H3,(H,29,31)(H,26,27,28). The average Bonchev–Trinajstić information content (AvgIpc) is 2.78. The van der Waals surface area contributed by atoms with Crippen LogP contribution in [0.4, 0.5) is 21.6 Å². The van der Waals surface area contributed by atoms with Crippen molar-refractivity contribution < 1.29 is 14.0 Å². The first-order valence-electron chi connectivity index (χ1n) is 10.1. The Balaban J connectivity index is 1.86. The lowest BCUT2D eigenvalue weighted by atomic mass is 10.1. The lowest BCUT2D eigenvalue weighted by Crippen LogP contribution is -2.51. The molecule has 3 N–H and O–H groups in total. The number of fused-ring (bicyclic) bond motifs is 1. The van der Waals surface area contributed by atoms with E-state index >= 15 is 0 Å². The number of anilines is 3. The molecular weight excluding hydrogens is 435 g/mol. The molecule has 0 aliphatic heterocycles. The van der Waals surface area contributed by atoms with Crippen molar-refractivity contribution in [1.29, 1.82) is 0 Å². The van der Waals surface area contributed by atoms with Gasteiger partial charge in [-0.2, -0.15) is 0 Å². The molecule has 3 rings (SSSR count). The number of hydrogen-bond acceptors (Lipinski definition) is 6. The first kappa shape index (κ1) is 23.4. The van der Waals surface area contributed by atoms with Gasteiger partial charge in [0.25, 0.3) is 5.91 Å². The maximum absolute atomic E-state index is 13.5. The third-order valence-electron chi connectivity index (χ3n) is 4.96. The second kappa shape index (κ2) is 10.3. The fraction of sp³-hybridized carbons (Fsp3) is 0.273. The number of aromatic nitrogens is 2. The molecule has 0 radical (unpaired) electrons. The first-order chi connectivity index (χ1) is 15.4. The van der Waals surface area contributed by atoms with Gasteiger partial charge in [0.15, 0.2) is 6.04 Å². The molecule has 0 bridgehead atoms. The van der Waals surface area contributed by atoms with E-state index in [1.165, 1.54) is 24.5 Å². The van der Waals surface area contributed by atoms with Crippen LogP contribution < -0.4 is 16.0 Å². The van der Waals surface area contributed by atoms with Gasteiger partial charge in [0.2, 0.25) is 5.91 Å². The van der Waals surface area contributed by atoms with Crippen molar-refractivity contribution in [3.8, 4) is 0 Å². The van der Waals surface area contributed by atoms with Gasteiger partial charge >= 0.3 is 0 Å². The summed E-state index contributed by atoms with van der Waals surface area (Å²) in [5.41, 5.74) is 1.66. The molecular formula is C22H24ClFN6O2. The van der Waals surface area contributed by atoms with Gasteiger partial charge in [-0.3, -0.25) is 9.59 Å². The molecule has 2 aromatic carbocycles. The molecule has 8 nitrogen and oxygen atoms in total. The zero-order valence-electron chi connectivity index (χ0n) is 17.9. The van der Waals surface area contributed by atoms with Crippen LogP contribution in [0.15, 0.2) is 42.7 Å². The van der Waals surface area contributed by atoms with Crippen LogP contribution in [0.1, 0.15) is 13.8 Å². The Kier molecular flexibility index (Phi) is 7.55. The van der Waals surface area contributed by atoms with Crippen LogP contribution in [0.2, 0.25) is 5.02 Å². The van der Waals surface area contributed by atoms with Crippen LogP contribution in [0.5, 0.6) is 0 Å². The largest absolute Gasteiger partial charge is 0.341 e. The van der Waals surface area contributed by atoms with Crippen LogP contribution in [0, 0.1) is 5.82 Å². The van der Waals surface area contributed by atoms with Gasteiger partial charge in [-0.05, 0) is 57.3 Å². The smallest absolute Gasteiger partial charge is 0.251 e. The minimum atomic E-state index is -1.02. The zero-order valence-corrected chi connectivity index (χ0v) is 18.7. The van der Waals surface area contributed by atoms with Gasteiger partial charge in [0, 0.05) is 29.9 Å². The number of nitrogens with one attached hydrogen (secondary N) is 3. The number of nitrogens with zero attached hydrogens (tertiary/aromatic N) is 3. The lowest BCUT2D eigenvalue weighted by molar-refractivity contribution is -0.137. The van der Waals surface area contributed by atoms with E-state index in [9.17, 15) is 14.0 Å². The highest BCUT2D eigenvalue weighted by Crippen LogP contribution is 2.27. The molecule has 2 amide bonds. The number of carbonyl (C=O) groups excluding carboxylic acids is 2. The van der Waals surface area contributed by atoms with Crippen molar-refractivity contribution in [3.63, 3.8) is 0 Å². The highest BCUT2D eigenvalue weighted by molar-refractivity contribution is 6.31. The number of likely N-dealkylation sites (N-methyl/N-ethyl adjacent to an activating group) is 2. The molecule has 0 spiro atoms. The van der Waals surface area contributed by atoms with E-state index in [0.29, 0.717) is 41.2 Å². The zero-order chi connectivity index (χ0) is 23.3. The van der Waals surface area contributed by atoms with E-state index in [0.717, 1.165) is 0 Å². The third kappa shape index (κ3) is 5.12. The Hall–Kier alpha value is -3.30. The quantitative estimate of drug-likeness (QED) is 0.446. The summed E-state index contributed by atoms with van der Waals surface area (Å²) in [6, 6.07) is 8.36. The predicted octanol–water partition coefficient (Wildman–Crippen LogP) is 3.56. The maximum Gasteiger partial charge on any atom is 0.251 e. The Labute approximate surface area is 190 Å². The minimum Gasteiger partial charge on any atom is -0.341 e. The molecule has 1 atom stereocenters. The summed E-state index contributed by atoms with van der Waals surface area (Å²) in [6.07, 6.45) is 1.40. The molecule has 1 aromatic heterocycles. The van der Waals surface area contributed by atoms with Crippen molar-refractivity contribution in [2.45, 2.75) is 19.9 Å². The Morgan fingerprint density at radius 3 is 2.47 bits per heavy atom. The number of hydrogen-bond donors (Lipinski definition) is 3. The summed E-state index contributed by atoms with van der Waals surface area (Å²) < 4.78 is 13.5. The van der Waals surface area contributed by atoms with E-state index in [1.807, 2.05) is 13.8 Å². The summed E-state index contributed by atoms with van der Waals surface area (Å²) >= 11 is 5.86. The highest BCUT2D eigenvalue weighted by Gasteiger charge is 2.28. The molecule has 0 saturated heterocycles. The van der Waals surface area contributed by atoms with E-state index < -0.39 is 17.8 Å². The van der Waals surface area contributed by atoms with Crippen LogP contribution >= 0.6 is 11.6 Å². The van der Waals surface area contributed by atoms with E-state index in [-0.39, 0.29) is 10.9 Å². The Bertz CT molecular complexity index is 1140. The minimum absolute atomic E-state index is 0.0164. The second-order valence-corrected chi connectivity index (χ2v) is 7.34. The fourth-order valence-electron chi connectivity index (χ4n) is 3.24. The predicted molar refractivity (Wildman–Crippen MR) is 124 cm³/mol. The maximum atomic E-state index is 13.5. The van der Waals surface area contributed by atoms with Crippen LogP contribution in [-0.2, 0) is 9.59 Å². The van der Waals surface area contributed by atoms with Crippen molar-refractivity contribution >= 4 is 51.5 Å². The summed E-state index contributed by atoms with van der Waals surface area (Å²) in [5.74, 6) is -0.832. The molecule has 32 heavy (non-hydrogen) atoms. The summed E-state index contributed by atoms with van der Waals surface area (Å²) in [6.45, 7) is 4.74. The lowest BCUT2D eigenvalue weighted by Gasteiger charge is -2.24. The Morgan fingerprint density at radius 2 is 1.81 bits per heavy atom. The second-order valence-electron chi connectivity index (χ2n) is 6.93. The number of amides is 2. The molecule has 10 heteroatoms. The SMILES string of the molecule is CCN(CC)C(=O)C(NC)C(=O)Nc1ccc2ncnc(Nc3ccc(F)c(Cl)c3)c2c1. The number of halogens is 2. The van der Waals surface area contributed by atoms with E-state index in [1.54, 1.807) is 30.1 Å². The van der Waals surface area contributed by atoms with Gasteiger partial charge < -0.3 is 20.9 Å². The molecule has 0 saturated carbocycles. The monoisotopic (exact) mass is 458 g/mol. The number of benzene rings is 2. The molecule has 0 fully saturated rings. The van der Waals surface area contributed by atoms with Crippen LogP contribution in [0.25, 0.3) is 10.9 Å². The molecule has 1 heterocycles. The van der Waals surface area contributed by atoms with E-state index in [4.69, 9.17) is 11.6 Å². The van der Waals surface area contributed by atoms with Crippen molar-refractivity contribution in [3.05, 3.63) is 53.6 Å². The van der Waals surface area contributed by atoms with E-state index in [2.05, 4.69) is 25.9 Å². The molecule has 3 aromatic rings. The first-order valence-corrected chi connectivity index (χ1v) is 10.5. The molecule has 0 aliphatic rings. The number of rotatable bonds is 8. The highest BCUT2D eigenvalue weighted by atomic mass is 35.5. The van der Waals surface area contributed by atoms with Gasteiger partial charge in [-0.15, -0.1) is 0 Å². The van der Waals surface area contributed by atoms with Crippen molar-refractivity contribution in [2.75, 3.05) is 30.8 Å². The normalized spacial score (nSPS) is 11.8. The number of carbonyl (C=O) groups is 2. The average molecular weight is 459 g/mol. The molecule has 168 valence electrons. The molecule has 1 unspecified atom stereocenters. The molecule has 0 aliphatic carbocycles. The van der Waals surface area contributed by atoms with Gasteiger partial charge in [0.1, 0.15) is 18.0 Å². The van der Waals surface area contributed by atoms with Crippen molar-refractivity contribution in [1.82, 2.24) is 20.2 Å². The van der Waals surface area contributed by atoms with Gasteiger partial charge in [-0.25, -0.2) is 14.4 Å². The topological polar surface area (TPSA) is 99.3 Å².